The molecular formula is C11H13ClO. The summed E-state index contributed by atoms with van der Waals surface area (Å²) in [4.78, 5) is 11.3. The second-order valence-electron chi connectivity index (χ2n) is 3.33. The zero-order chi connectivity index (χ0) is 9.90. The molecule has 70 valence electrons. The Labute approximate surface area is 83.7 Å². The lowest BCUT2D eigenvalue weighted by atomic mass is 9.81. The maximum atomic E-state index is 11.3. The van der Waals surface area contributed by atoms with E-state index in [1.54, 1.807) is 0 Å². The van der Waals surface area contributed by atoms with Crippen LogP contribution in [0.25, 0.3) is 0 Å². The first-order valence-corrected chi connectivity index (χ1v) is 4.74. The van der Waals surface area contributed by atoms with Gasteiger partial charge in [-0.25, -0.2) is 0 Å². The van der Waals surface area contributed by atoms with Gasteiger partial charge in [-0.05, 0) is 30.5 Å². The number of benzene rings is 1. The van der Waals surface area contributed by atoms with Crippen LogP contribution in [0.1, 0.15) is 25.8 Å². The normalized spacial score (nSPS) is 15.0. The SMILES string of the molecule is CC[C@](C)(C(=O)Cl)c1ccccc1. The molecule has 0 aliphatic rings. The van der Waals surface area contributed by atoms with Crippen LogP contribution in [0.15, 0.2) is 30.3 Å². The number of carbonyl (C=O) groups excluding carboxylic acids is 1. The van der Waals surface area contributed by atoms with Gasteiger partial charge in [-0.2, -0.15) is 0 Å². The van der Waals surface area contributed by atoms with Crippen LogP contribution >= 0.6 is 11.6 Å². The molecule has 0 aliphatic carbocycles. The van der Waals surface area contributed by atoms with Crippen LogP contribution in [0.2, 0.25) is 0 Å². The number of hydrogen-bond acceptors (Lipinski definition) is 1. The molecular weight excluding hydrogens is 184 g/mol. The predicted molar refractivity (Wildman–Crippen MR) is 54.9 cm³/mol. The van der Waals surface area contributed by atoms with Crippen molar-refractivity contribution in [1.82, 2.24) is 0 Å². The van der Waals surface area contributed by atoms with Gasteiger partial charge in [0.2, 0.25) is 5.24 Å². The van der Waals surface area contributed by atoms with Crippen molar-refractivity contribution in [2.45, 2.75) is 25.7 Å². The molecule has 0 spiro atoms. The Morgan fingerprint density at radius 2 is 1.92 bits per heavy atom. The Balaban J connectivity index is 3.11. The zero-order valence-corrected chi connectivity index (χ0v) is 8.64. The third-order valence-electron chi connectivity index (χ3n) is 2.55. The van der Waals surface area contributed by atoms with E-state index in [0.717, 1.165) is 12.0 Å². The summed E-state index contributed by atoms with van der Waals surface area (Å²) in [6, 6.07) is 9.64. The van der Waals surface area contributed by atoms with Gasteiger partial charge in [-0.1, -0.05) is 37.3 Å². The number of halogens is 1. The van der Waals surface area contributed by atoms with Crippen molar-refractivity contribution in [2.24, 2.45) is 0 Å². The summed E-state index contributed by atoms with van der Waals surface area (Å²) in [5.74, 6) is 0. The van der Waals surface area contributed by atoms with E-state index >= 15 is 0 Å². The Bertz CT molecular complexity index is 294. The van der Waals surface area contributed by atoms with E-state index in [2.05, 4.69) is 0 Å². The molecule has 0 saturated heterocycles. The topological polar surface area (TPSA) is 17.1 Å². The van der Waals surface area contributed by atoms with Crippen LogP contribution in [-0.4, -0.2) is 5.24 Å². The molecule has 1 rings (SSSR count). The minimum absolute atomic E-state index is 0.291. The average Bonchev–Trinajstić information content (AvgIpc) is 2.17. The summed E-state index contributed by atoms with van der Waals surface area (Å²) in [5, 5.41) is -0.291. The van der Waals surface area contributed by atoms with E-state index in [-0.39, 0.29) is 5.24 Å². The number of carbonyl (C=O) groups is 1. The summed E-state index contributed by atoms with van der Waals surface area (Å²) in [7, 11) is 0. The maximum Gasteiger partial charge on any atom is 0.231 e. The number of rotatable bonds is 3. The van der Waals surface area contributed by atoms with E-state index in [9.17, 15) is 4.79 Å². The fourth-order valence-corrected chi connectivity index (χ4v) is 1.51. The van der Waals surface area contributed by atoms with E-state index in [4.69, 9.17) is 11.6 Å². The smallest absolute Gasteiger partial charge is 0.231 e. The molecule has 0 bridgehead atoms. The van der Waals surface area contributed by atoms with Crippen molar-refractivity contribution in [2.75, 3.05) is 0 Å². The molecule has 0 aliphatic heterocycles. The largest absolute Gasteiger partial charge is 0.280 e. The second-order valence-corrected chi connectivity index (χ2v) is 3.67. The molecule has 0 unspecified atom stereocenters. The van der Waals surface area contributed by atoms with Crippen LogP contribution in [-0.2, 0) is 10.2 Å². The Morgan fingerprint density at radius 3 is 2.31 bits per heavy atom. The van der Waals surface area contributed by atoms with Gasteiger partial charge < -0.3 is 0 Å². The van der Waals surface area contributed by atoms with Crippen LogP contribution < -0.4 is 0 Å². The highest BCUT2D eigenvalue weighted by atomic mass is 35.5. The van der Waals surface area contributed by atoms with Crippen molar-refractivity contribution in [1.29, 1.82) is 0 Å². The molecule has 1 nitrogen and oxygen atoms in total. The minimum Gasteiger partial charge on any atom is -0.280 e. The summed E-state index contributed by atoms with van der Waals surface area (Å²) in [6.45, 7) is 3.84. The van der Waals surface area contributed by atoms with Crippen molar-refractivity contribution < 1.29 is 4.79 Å². The lowest BCUT2D eigenvalue weighted by Gasteiger charge is -2.23. The van der Waals surface area contributed by atoms with Crippen molar-refractivity contribution in [3.8, 4) is 0 Å². The minimum atomic E-state index is -0.539. The molecule has 0 heterocycles. The van der Waals surface area contributed by atoms with Crippen molar-refractivity contribution >= 4 is 16.8 Å². The Hall–Kier alpha value is -0.820. The van der Waals surface area contributed by atoms with Gasteiger partial charge in [0, 0.05) is 0 Å². The van der Waals surface area contributed by atoms with Crippen LogP contribution in [0, 0.1) is 0 Å². The summed E-state index contributed by atoms with van der Waals surface area (Å²) in [6.07, 6.45) is 0.722. The Morgan fingerprint density at radius 1 is 1.38 bits per heavy atom. The van der Waals surface area contributed by atoms with Crippen molar-refractivity contribution in [3.05, 3.63) is 35.9 Å². The standard InChI is InChI=1S/C11H13ClO/c1-3-11(2,10(12)13)9-7-5-4-6-8-9/h4-8H,3H2,1-2H3/t11-/m0/s1. The van der Waals surface area contributed by atoms with Gasteiger partial charge in [0.15, 0.2) is 0 Å². The molecule has 13 heavy (non-hydrogen) atoms. The fraction of sp³-hybridized carbons (Fsp3) is 0.364. The molecule has 1 aromatic carbocycles. The molecule has 0 fully saturated rings. The van der Waals surface area contributed by atoms with Gasteiger partial charge in [0.1, 0.15) is 0 Å². The first-order valence-electron chi connectivity index (χ1n) is 4.36. The Kier molecular flexibility index (Phi) is 3.10. The van der Waals surface area contributed by atoms with Crippen molar-refractivity contribution in [3.63, 3.8) is 0 Å². The zero-order valence-electron chi connectivity index (χ0n) is 7.88. The number of hydrogen-bond donors (Lipinski definition) is 0. The van der Waals surface area contributed by atoms with Gasteiger partial charge >= 0.3 is 0 Å². The molecule has 0 saturated carbocycles. The summed E-state index contributed by atoms with van der Waals surface area (Å²) >= 11 is 5.58. The van der Waals surface area contributed by atoms with E-state index in [0.29, 0.717) is 0 Å². The summed E-state index contributed by atoms with van der Waals surface area (Å²) in [5.41, 5.74) is 0.445. The molecule has 0 radical (unpaired) electrons. The molecule has 0 amide bonds. The molecule has 0 aromatic heterocycles. The highest BCUT2D eigenvalue weighted by molar-refractivity contribution is 6.65. The van der Waals surface area contributed by atoms with E-state index < -0.39 is 5.41 Å². The van der Waals surface area contributed by atoms with Gasteiger partial charge in [-0.15, -0.1) is 0 Å². The fourth-order valence-electron chi connectivity index (χ4n) is 1.26. The third kappa shape index (κ3) is 1.92. The lowest BCUT2D eigenvalue weighted by molar-refractivity contribution is -0.116. The van der Waals surface area contributed by atoms with E-state index in [1.165, 1.54) is 0 Å². The molecule has 2 heteroatoms. The monoisotopic (exact) mass is 196 g/mol. The lowest BCUT2D eigenvalue weighted by Crippen LogP contribution is -2.27. The summed E-state index contributed by atoms with van der Waals surface area (Å²) < 4.78 is 0. The quantitative estimate of drug-likeness (QED) is 0.679. The molecule has 0 N–H and O–H groups in total. The second kappa shape index (κ2) is 3.93. The molecule has 1 atom stereocenters. The highest BCUT2D eigenvalue weighted by Crippen LogP contribution is 2.29. The highest BCUT2D eigenvalue weighted by Gasteiger charge is 2.31. The van der Waals surface area contributed by atoms with Gasteiger partial charge in [0.05, 0.1) is 5.41 Å². The van der Waals surface area contributed by atoms with Crippen LogP contribution in [0.5, 0.6) is 0 Å². The van der Waals surface area contributed by atoms with Crippen LogP contribution in [0.4, 0.5) is 0 Å². The predicted octanol–water partition coefficient (Wildman–Crippen LogP) is 3.12. The first-order chi connectivity index (χ1) is 6.11. The maximum absolute atomic E-state index is 11.3. The van der Waals surface area contributed by atoms with E-state index in [1.807, 2.05) is 44.2 Å². The van der Waals surface area contributed by atoms with Crippen LogP contribution in [0.3, 0.4) is 0 Å². The van der Waals surface area contributed by atoms with Gasteiger partial charge in [0.25, 0.3) is 0 Å². The third-order valence-corrected chi connectivity index (χ3v) is 2.97. The van der Waals surface area contributed by atoms with Gasteiger partial charge in [-0.3, -0.25) is 4.79 Å². The molecule has 1 aromatic rings. The average molecular weight is 197 g/mol. The first kappa shape index (κ1) is 10.3.